The zero-order chi connectivity index (χ0) is 22.3. The molecular formula is C23H33FIN7O. The maximum atomic E-state index is 13.1. The van der Waals surface area contributed by atoms with Gasteiger partial charge in [0.2, 0.25) is 5.91 Å². The zero-order valence-corrected chi connectivity index (χ0v) is 21.4. The molecule has 2 heterocycles. The summed E-state index contributed by atoms with van der Waals surface area (Å²) < 4.78 is 14.9. The van der Waals surface area contributed by atoms with Gasteiger partial charge in [-0.3, -0.25) is 14.7 Å². The highest BCUT2D eigenvalue weighted by Gasteiger charge is 2.25. The Morgan fingerprint density at radius 1 is 1.15 bits per heavy atom. The largest absolute Gasteiger partial charge is 0.357 e. The normalized spacial score (nSPS) is 16.9. The van der Waals surface area contributed by atoms with E-state index in [-0.39, 0.29) is 35.7 Å². The number of aromatic nitrogens is 2. The highest BCUT2D eigenvalue weighted by molar-refractivity contribution is 14.0. The first kappa shape index (κ1) is 25.4. The van der Waals surface area contributed by atoms with E-state index in [1.807, 2.05) is 12.3 Å². The smallest absolute Gasteiger partial charge is 0.234 e. The van der Waals surface area contributed by atoms with Crippen molar-refractivity contribution in [2.45, 2.75) is 32.2 Å². The number of guanidine groups is 1. The Morgan fingerprint density at radius 3 is 2.55 bits per heavy atom. The van der Waals surface area contributed by atoms with Crippen molar-refractivity contribution in [3.8, 4) is 5.69 Å². The molecule has 1 aliphatic heterocycles. The molecule has 0 bridgehead atoms. The van der Waals surface area contributed by atoms with Gasteiger partial charge in [-0.2, -0.15) is 5.10 Å². The molecule has 1 aromatic carbocycles. The lowest BCUT2D eigenvalue weighted by Crippen LogP contribution is -2.54. The first-order valence-electron chi connectivity index (χ1n) is 11.5. The van der Waals surface area contributed by atoms with Crippen molar-refractivity contribution >= 4 is 35.8 Å². The van der Waals surface area contributed by atoms with E-state index in [1.54, 1.807) is 16.8 Å². The molecule has 1 saturated heterocycles. The third-order valence-electron chi connectivity index (χ3n) is 5.68. The van der Waals surface area contributed by atoms with E-state index in [1.165, 1.54) is 12.1 Å². The molecule has 0 unspecified atom stereocenters. The molecule has 0 spiro atoms. The Kier molecular flexibility index (Phi) is 9.48. The van der Waals surface area contributed by atoms with Crippen LogP contribution in [-0.4, -0.2) is 83.3 Å². The third-order valence-corrected chi connectivity index (χ3v) is 5.68. The van der Waals surface area contributed by atoms with Crippen molar-refractivity contribution < 1.29 is 9.18 Å². The number of rotatable bonds is 8. The summed E-state index contributed by atoms with van der Waals surface area (Å²) in [5, 5.41) is 11.0. The molecule has 2 fully saturated rings. The molecular weight excluding hydrogens is 536 g/mol. The van der Waals surface area contributed by atoms with Crippen molar-refractivity contribution in [3.63, 3.8) is 0 Å². The van der Waals surface area contributed by atoms with Crippen LogP contribution in [0.2, 0.25) is 0 Å². The molecule has 0 radical (unpaired) electrons. The number of benzene rings is 1. The molecule has 33 heavy (non-hydrogen) atoms. The lowest BCUT2D eigenvalue weighted by molar-refractivity contribution is -0.122. The number of aliphatic imine (C=N–C) groups is 1. The average Bonchev–Trinajstić information content (AvgIpc) is 3.48. The first-order valence-corrected chi connectivity index (χ1v) is 11.5. The summed E-state index contributed by atoms with van der Waals surface area (Å²) in [5.41, 5.74) is 1.78. The molecule has 2 aliphatic rings. The van der Waals surface area contributed by atoms with Gasteiger partial charge in [0.1, 0.15) is 5.82 Å². The minimum Gasteiger partial charge on any atom is -0.357 e. The Bertz CT molecular complexity index is 921. The molecule has 1 amide bonds. The van der Waals surface area contributed by atoms with Crippen LogP contribution in [0, 0.1) is 5.82 Å². The maximum absolute atomic E-state index is 13.1. The maximum Gasteiger partial charge on any atom is 0.234 e. The van der Waals surface area contributed by atoms with Crippen molar-refractivity contribution in [2.75, 3.05) is 45.8 Å². The third kappa shape index (κ3) is 7.66. The SMILES string of the molecule is CCNC(=NCCc1ccn(-c2ccc(F)cc2)n1)N1CCN(CC(=O)NC2CC2)CC1.I. The Morgan fingerprint density at radius 2 is 1.88 bits per heavy atom. The number of amides is 1. The predicted molar refractivity (Wildman–Crippen MR) is 138 cm³/mol. The fourth-order valence-corrected chi connectivity index (χ4v) is 3.76. The second-order valence-electron chi connectivity index (χ2n) is 8.32. The van der Waals surface area contributed by atoms with Gasteiger partial charge in [0.05, 0.1) is 17.9 Å². The summed E-state index contributed by atoms with van der Waals surface area (Å²) in [6.07, 6.45) is 4.85. The fourth-order valence-electron chi connectivity index (χ4n) is 3.76. The molecule has 0 atom stereocenters. The van der Waals surface area contributed by atoms with Crippen LogP contribution >= 0.6 is 24.0 Å². The van der Waals surface area contributed by atoms with Crippen LogP contribution in [-0.2, 0) is 11.2 Å². The molecule has 1 aliphatic carbocycles. The summed E-state index contributed by atoms with van der Waals surface area (Å²) in [7, 11) is 0. The molecule has 180 valence electrons. The van der Waals surface area contributed by atoms with Gasteiger partial charge < -0.3 is 15.5 Å². The van der Waals surface area contributed by atoms with Gasteiger partial charge in [0.15, 0.2) is 5.96 Å². The molecule has 1 aromatic heterocycles. The van der Waals surface area contributed by atoms with Crippen LogP contribution in [0.5, 0.6) is 0 Å². The van der Waals surface area contributed by atoms with E-state index >= 15 is 0 Å². The van der Waals surface area contributed by atoms with Crippen LogP contribution in [0.15, 0.2) is 41.5 Å². The Hall–Kier alpha value is -2.21. The number of nitrogens with one attached hydrogen (secondary N) is 2. The van der Waals surface area contributed by atoms with Crippen LogP contribution in [0.25, 0.3) is 5.69 Å². The number of carbonyl (C=O) groups excluding carboxylic acids is 1. The van der Waals surface area contributed by atoms with Crippen molar-refractivity contribution in [3.05, 3.63) is 48.0 Å². The Balaban J connectivity index is 0.00000306. The van der Waals surface area contributed by atoms with Gasteiger partial charge in [-0.1, -0.05) is 0 Å². The van der Waals surface area contributed by atoms with E-state index in [4.69, 9.17) is 4.99 Å². The quantitative estimate of drug-likeness (QED) is 0.289. The van der Waals surface area contributed by atoms with Gasteiger partial charge in [-0.05, 0) is 50.1 Å². The topological polar surface area (TPSA) is 77.8 Å². The fraction of sp³-hybridized carbons (Fsp3) is 0.522. The number of carbonyl (C=O) groups is 1. The molecule has 4 rings (SSSR count). The molecule has 1 saturated carbocycles. The molecule has 10 heteroatoms. The summed E-state index contributed by atoms with van der Waals surface area (Å²) in [5.74, 6) is 0.794. The monoisotopic (exact) mass is 569 g/mol. The minimum atomic E-state index is -0.256. The van der Waals surface area contributed by atoms with Gasteiger partial charge in [0, 0.05) is 57.9 Å². The van der Waals surface area contributed by atoms with Gasteiger partial charge in [0.25, 0.3) is 0 Å². The number of hydrogen-bond acceptors (Lipinski definition) is 4. The van der Waals surface area contributed by atoms with E-state index in [9.17, 15) is 9.18 Å². The summed E-state index contributed by atoms with van der Waals surface area (Å²) in [6.45, 7) is 7.39. The Labute approximate surface area is 211 Å². The average molecular weight is 569 g/mol. The lowest BCUT2D eigenvalue weighted by Gasteiger charge is -2.36. The van der Waals surface area contributed by atoms with Gasteiger partial charge in [-0.15, -0.1) is 24.0 Å². The second kappa shape index (κ2) is 12.3. The van der Waals surface area contributed by atoms with Gasteiger partial charge in [-0.25, -0.2) is 9.07 Å². The summed E-state index contributed by atoms with van der Waals surface area (Å²) >= 11 is 0. The van der Waals surface area contributed by atoms with E-state index in [0.29, 0.717) is 19.1 Å². The number of halogens is 2. The molecule has 2 aromatic rings. The van der Waals surface area contributed by atoms with Crippen molar-refractivity contribution in [2.24, 2.45) is 4.99 Å². The highest BCUT2D eigenvalue weighted by atomic mass is 127. The molecule has 8 nitrogen and oxygen atoms in total. The number of nitrogens with zero attached hydrogens (tertiary/aromatic N) is 5. The van der Waals surface area contributed by atoms with Crippen LogP contribution in [0.3, 0.4) is 0 Å². The predicted octanol–water partition coefficient (Wildman–Crippen LogP) is 2.03. The van der Waals surface area contributed by atoms with Crippen molar-refractivity contribution in [1.29, 1.82) is 0 Å². The first-order chi connectivity index (χ1) is 15.6. The van der Waals surface area contributed by atoms with Crippen LogP contribution in [0.4, 0.5) is 4.39 Å². The summed E-state index contributed by atoms with van der Waals surface area (Å²) in [6, 6.07) is 8.67. The summed E-state index contributed by atoms with van der Waals surface area (Å²) in [4.78, 5) is 21.3. The zero-order valence-electron chi connectivity index (χ0n) is 19.0. The molecule has 2 N–H and O–H groups in total. The highest BCUT2D eigenvalue weighted by Crippen LogP contribution is 2.18. The lowest BCUT2D eigenvalue weighted by atomic mass is 10.3. The van der Waals surface area contributed by atoms with Crippen LogP contribution < -0.4 is 10.6 Å². The second-order valence-corrected chi connectivity index (χ2v) is 8.32. The van der Waals surface area contributed by atoms with Gasteiger partial charge >= 0.3 is 0 Å². The number of piperazine rings is 1. The standard InChI is InChI=1S/C23H32FN7O.HI/c1-2-25-23(30-15-13-29(14-16-30)17-22(32)27-19-5-6-19)26-11-9-20-10-12-31(28-20)21-7-3-18(24)4-8-21;/h3-4,7-8,10,12,19H,2,5-6,9,11,13-17H2,1H3,(H,25,26)(H,27,32);1H. The van der Waals surface area contributed by atoms with E-state index in [0.717, 1.165) is 69.3 Å². The van der Waals surface area contributed by atoms with E-state index in [2.05, 4.69) is 32.5 Å². The minimum absolute atomic E-state index is 0. The van der Waals surface area contributed by atoms with Crippen LogP contribution in [0.1, 0.15) is 25.5 Å². The van der Waals surface area contributed by atoms with Crippen molar-refractivity contribution in [1.82, 2.24) is 30.2 Å². The number of hydrogen-bond donors (Lipinski definition) is 2. The van der Waals surface area contributed by atoms with E-state index < -0.39 is 0 Å².